The molecule has 2 aliphatic rings. The summed E-state index contributed by atoms with van der Waals surface area (Å²) in [5, 5.41) is 12.5. The molecule has 0 atom stereocenters. The van der Waals surface area contributed by atoms with Crippen LogP contribution in [0.3, 0.4) is 0 Å². The molecule has 4 rings (SSSR count). The van der Waals surface area contributed by atoms with Crippen LogP contribution in [0.4, 0.5) is 0 Å². The number of aromatic nitrogens is 4. The fraction of sp³-hybridized carbons (Fsp3) is 0.688. The molecular weight excluding hydrogens is 326 g/mol. The number of hydrogen-bond acceptors (Lipinski definition) is 7. The number of carbonyl (C=O) groups is 1. The van der Waals surface area contributed by atoms with Gasteiger partial charge in [0.25, 0.3) is 5.91 Å². The Morgan fingerprint density at radius 1 is 1.12 bits per heavy atom. The number of likely N-dealkylation sites (tertiary alicyclic amines) is 1. The summed E-state index contributed by atoms with van der Waals surface area (Å²) in [4.78, 5) is 15.3. The maximum absolute atomic E-state index is 12.7. The molecule has 0 radical (unpaired) electrons. The van der Waals surface area contributed by atoms with Crippen LogP contribution in [0.5, 0.6) is 0 Å². The molecule has 1 saturated carbocycles. The zero-order chi connectivity index (χ0) is 16.5. The summed E-state index contributed by atoms with van der Waals surface area (Å²) >= 11 is 1.21. The molecule has 2 aromatic heterocycles. The Labute approximate surface area is 144 Å². The Morgan fingerprint density at radius 2 is 1.79 bits per heavy atom. The van der Waals surface area contributed by atoms with Crippen LogP contribution in [0.2, 0.25) is 0 Å². The van der Waals surface area contributed by atoms with Crippen molar-refractivity contribution < 1.29 is 9.21 Å². The van der Waals surface area contributed by atoms with Crippen LogP contribution in [0.1, 0.15) is 78.0 Å². The van der Waals surface area contributed by atoms with E-state index in [0.29, 0.717) is 23.9 Å². The van der Waals surface area contributed by atoms with E-state index in [9.17, 15) is 4.79 Å². The van der Waals surface area contributed by atoms with Gasteiger partial charge in [-0.1, -0.05) is 17.8 Å². The fourth-order valence-electron chi connectivity index (χ4n) is 3.15. The molecule has 0 aromatic carbocycles. The molecule has 0 unspecified atom stereocenters. The van der Waals surface area contributed by atoms with Crippen molar-refractivity contribution in [3.05, 3.63) is 22.4 Å². The van der Waals surface area contributed by atoms with E-state index in [0.717, 1.165) is 56.0 Å². The summed E-state index contributed by atoms with van der Waals surface area (Å²) in [5.41, 5.74) is 0.834. The first-order valence-corrected chi connectivity index (χ1v) is 9.47. The lowest BCUT2D eigenvalue weighted by atomic mass is 9.96. The highest BCUT2D eigenvalue weighted by Crippen LogP contribution is 2.40. The van der Waals surface area contributed by atoms with Crippen LogP contribution >= 0.6 is 11.5 Å². The molecule has 1 amide bonds. The highest BCUT2D eigenvalue weighted by atomic mass is 32.1. The second-order valence-corrected chi connectivity index (χ2v) is 7.37. The predicted octanol–water partition coefficient (Wildman–Crippen LogP) is 2.77. The van der Waals surface area contributed by atoms with Gasteiger partial charge in [-0.2, -0.15) is 0 Å². The summed E-state index contributed by atoms with van der Waals surface area (Å²) in [7, 11) is 0. The molecule has 1 aliphatic heterocycles. The van der Waals surface area contributed by atoms with Gasteiger partial charge in [0.2, 0.25) is 11.8 Å². The largest absolute Gasteiger partial charge is 0.425 e. The van der Waals surface area contributed by atoms with Gasteiger partial charge >= 0.3 is 0 Å². The van der Waals surface area contributed by atoms with Gasteiger partial charge in [0.05, 0.1) is 5.69 Å². The van der Waals surface area contributed by atoms with E-state index < -0.39 is 0 Å². The van der Waals surface area contributed by atoms with Gasteiger partial charge in [0.1, 0.15) is 4.88 Å². The van der Waals surface area contributed by atoms with Crippen molar-refractivity contribution in [2.75, 3.05) is 13.1 Å². The number of aryl methyl sites for hydroxylation is 1. The third-order valence-corrected chi connectivity index (χ3v) is 5.51. The lowest BCUT2D eigenvalue weighted by Gasteiger charge is -2.30. The average Bonchev–Trinajstić information content (AvgIpc) is 3.16. The van der Waals surface area contributed by atoms with Crippen molar-refractivity contribution in [2.45, 2.75) is 57.3 Å². The predicted molar refractivity (Wildman–Crippen MR) is 88.1 cm³/mol. The molecule has 0 spiro atoms. The lowest BCUT2D eigenvalue weighted by Crippen LogP contribution is -2.38. The lowest BCUT2D eigenvalue weighted by molar-refractivity contribution is 0.0709. The first kappa shape index (κ1) is 15.7. The van der Waals surface area contributed by atoms with Crippen LogP contribution in [0, 0.1) is 0 Å². The Balaban J connectivity index is 1.38. The third kappa shape index (κ3) is 3.07. The molecule has 0 N–H and O–H groups in total. The van der Waals surface area contributed by atoms with Gasteiger partial charge in [-0.05, 0) is 43.6 Å². The van der Waals surface area contributed by atoms with Crippen molar-refractivity contribution in [3.63, 3.8) is 0 Å². The molecule has 128 valence electrons. The molecule has 1 aliphatic carbocycles. The first-order valence-electron chi connectivity index (χ1n) is 8.70. The van der Waals surface area contributed by atoms with Crippen molar-refractivity contribution in [3.8, 4) is 0 Å². The monoisotopic (exact) mass is 347 g/mol. The molecule has 7 nitrogen and oxygen atoms in total. The Morgan fingerprint density at radius 3 is 2.42 bits per heavy atom. The number of hydrogen-bond donors (Lipinski definition) is 0. The first-order chi connectivity index (χ1) is 11.8. The van der Waals surface area contributed by atoms with Gasteiger partial charge < -0.3 is 9.32 Å². The van der Waals surface area contributed by atoms with Crippen molar-refractivity contribution in [2.24, 2.45) is 0 Å². The zero-order valence-electron chi connectivity index (χ0n) is 13.8. The normalized spacial score (nSPS) is 19.0. The standard InChI is InChI=1S/C16H21N5O2S/c1-2-3-12-13(24-20-17-12)16(22)21-8-6-11(7-9-21)15-19-18-14(23-15)10-4-5-10/h10-11H,2-9H2,1H3. The smallest absolute Gasteiger partial charge is 0.267 e. The van der Waals surface area contributed by atoms with Gasteiger partial charge in [0, 0.05) is 24.9 Å². The molecular formula is C16H21N5O2S. The molecule has 2 fully saturated rings. The van der Waals surface area contributed by atoms with E-state index >= 15 is 0 Å². The zero-order valence-corrected chi connectivity index (χ0v) is 14.6. The summed E-state index contributed by atoms with van der Waals surface area (Å²) in [6, 6.07) is 0. The number of carbonyl (C=O) groups excluding carboxylic acids is 1. The topological polar surface area (TPSA) is 85.0 Å². The second-order valence-electron chi connectivity index (χ2n) is 6.62. The maximum Gasteiger partial charge on any atom is 0.267 e. The van der Waals surface area contributed by atoms with E-state index in [1.807, 2.05) is 4.90 Å². The molecule has 1 saturated heterocycles. The van der Waals surface area contributed by atoms with Gasteiger partial charge in [-0.25, -0.2) is 0 Å². The van der Waals surface area contributed by atoms with Crippen molar-refractivity contribution in [1.82, 2.24) is 24.7 Å². The minimum absolute atomic E-state index is 0.0658. The van der Waals surface area contributed by atoms with Crippen LogP contribution in [0.25, 0.3) is 0 Å². The van der Waals surface area contributed by atoms with E-state index in [1.54, 1.807) is 0 Å². The van der Waals surface area contributed by atoms with Crippen molar-refractivity contribution in [1.29, 1.82) is 0 Å². The van der Waals surface area contributed by atoms with Gasteiger partial charge in [-0.15, -0.1) is 15.3 Å². The molecule has 2 aromatic rings. The Bertz CT molecular complexity index is 716. The minimum Gasteiger partial charge on any atom is -0.425 e. The van der Waals surface area contributed by atoms with E-state index in [2.05, 4.69) is 26.7 Å². The number of rotatable bonds is 5. The minimum atomic E-state index is 0.0658. The maximum atomic E-state index is 12.7. The van der Waals surface area contributed by atoms with E-state index in [-0.39, 0.29) is 11.8 Å². The highest BCUT2D eigenvalue weighted by molar-refractivity contribution is 7.08. The summed E-state index contributed by atoms with van der Waals surface area (Å²) in [5.74, 6) is 2.36. The van der Waals surface area contributed by atoms with Crippen molar-refractivity contribution >= 4 is 17.4 Å². The van der Waals surface area contributed by atoms with Crippen LogP contribution in [-0.2, 0) is 6.42 Å². The number of amides is 1. The summed E-state index contributed by atoms with van der Waals surface area (Å²) in [6.07, 6.45) is 5.84. The Hall–Kier alpha value is -1.83. The van der Waals surface area contributed by atoms with E-state index in [1.165, 1.54) is 11.5 Å². The third-order valence-electron chi connectivity index (χ3n) is 4.75. The van der Waals surface area contributed by atoms with E-state index in [4.69, 9.17) is 4.42 Å². The molecule has 0 bridgehead atoms. The summed E-state index contributed by atoms with van der Waals surface area (Å²) < 4.78 is 9.78. The molecule has 3 heterocycles. The van der Waals surface area contributed by atoms with Gasteiger partial charge in [-0.3, -0.25) is 4.79 Å². The van der Waals surface area contributed by atoms with Gasteiger partial charge in [0.15, 0.2) is 0 Å². The quantitative estimate of drug-likeness (QED) is 0.827. The average molecular weight is 347 g/mol. The van der Waals surface area contributed by atoms with Crippen LogP contribution in [0.15, 0.2) is 4.42 Å². The molecule has 24 heavy (non-hydrogen) atoms. The SMILES string of the molecule is CCCc1nnsc1C(=O)N1CCC(c2nnc(C3CC3)o2)CC1. The van der Waals surface area contributed by atoms with Crippen LogP contribution in [-0.4, -0.2) is 43.7 Å². The number of piperidine rings is 1. The van der Waals surface area contributed by atoms with Crippen LogP contribution < -0.4 is 0 Å². The molecule has 8 heteroatoms. The number of nitrogens with zero attached hydrogens (tertiary/aromatic N) is 5. The Kier molecular flexibility index (Phi) is 4.30. The highest BCUT2D eigenvalue weighted by Gasteiger charge is 2.33. The summed E-state index contributed by atoms with van der Waals surface area (Å²) in [6.45, 7) is 3.52. The fourth-order valence-corrected chi connectivity index (χ4v) is 3.83. The second kappa shape index (κ2) is 6.58.